The number of nitrogens with zero attached hydrogens (tertiary/aromatic N) is 4. The highest BCUT2D eigenvalue weighted by Crippen LogP contribution is 2.33. The van der Waals surface area contributed by atoms with Crippen molar-refractivity contribution in [2.45, 2.75) is 58.0 Å². The maximum Gasteiger partial charge on any atom is 0.230 e. The third-order valence-corrected chi connectivity index (χ3v) is 6.18. The van der Waals surface area contributed by atoms with Crippen molar-refractivity contribution in [1.82, 2.24) is 19.8 Å². The molecule has 0 unspecified atom stereocenters. The number of aryl methyl sites for hydroxylation is 1. The topological polar surface area (TPSA) is 49.3 Å². The lowest BCUT2D eigenvalue weighted by Crippen LogP contribution is -2.41. The number of aromatic nitrogens is 2. The van der Waals surface area contributed by atoms with Crippen LogP contribution >= 0.6 is 0 Å². The maximum absolute atomic E-state index is 13.4. The number of benzene rings is 1. The molecule has 1 fully saturated rings. The van der Waals surface area contributed by atoms with Crippen molar-refractivity contribution in [1.29, 1.82) is 0 Å². The first kappa shape index (κ1) is 19.1. The quantitative estimate of drug-likeness (QED) is 0.818. The molecule has 1 aromatic heterocycles. The third kappa shape index (κ3) is 3.81. The minimum Gasteiger partial charge on any atom is -0.332 e. The first-order valence-electron chi connectivity index (χ1n) is 10.4. The lowest BCUT2D eigenvalue weighted by molar-refractivity contribution is -0.136. The molecule has 148 valence electrons. The average molecular weight is 379 g/mol. The molecular formula is C23H30N4O. The van der Waals surface area contributed by atoms with E-state index in [0.717, 1.165) is 62.4 Å². The summed E-state index contributed by atoms with van der Waals surface area (Å²) in [5, 5.41) is 0. The maximum atomic E-state index is 13.4. The van der Waals surface area contributed by atoms with Crippen molar-refractivity contribution < 1.29 is 4.79 Å². The molecule has 2 aromatic rings. The second-order valence-corrected chi connectivity index (χ2v) is 8.36. The van der Waals surface area contributed by atoms with E-state index in [2.05, 4.69) is 43.1 Å². The highest BCUT2D eigenvalue weighted by atomic mass is 16.2. The first-order valence-corrected chi connectivity index (χ1v) is 10.4. The third-order valence-electron chi connectivity index (χ3n) is 6.18. The zero-order chi connectivity index (χ0) is 19.7. The molecule has 0 N–H and O–H groups in total. The number of rotatable bonds is 3. The van der Waals surface area contributed by atoms with Gasteiger partial charge in [0.2, 0.25) is 5.91 Å². The number of fused-ring (bicyclic) bond motifs is 1. The molecule has 0 aliphatic carbocycles. The van der Waals surface area contributed by atoms with Crippen LogP contribution in [-0.2, 0) is 17.8 Å². The van der Waals surface area contributed by atoms with Crippen LogP contribution in [-0.4, -0.2) is 45.8 Å². The van der Waals surface area contributed by atoms with E-state index >= 15 is 0 Å². The van der Waals surface area contributed by atoms with Crippen LogP contribution in [0.1, 0.15) is 66.4 Å². The van der Waals surface area contributed by atoms with E-state index in [4.69, 9.17) is 9.97 Å². The van der Waals surface area contributed by atoms with E-state index in [1.165, 1.54) is 11.1 Å². The van der Waals surface area contributed by atoms with Crippen LogP contribution in [0, 0.1) is 6.92 Å². The Hall–Kier alpha value is -2.27. The van der Waals surface area contributed by atoms with E-state index in [0.29, 0.717) is 0 Å². The van der Waals surface area contributed by atoms with E-state index in [1.807, 2.05) is 18.0 Å². The molecule has 3 heterocycles. The van der Waals surface area contributed by atoms with Crippen LogP contribution in [0.3, 0.4) is 0 Å². The van der Waals surface area contributed by atoms with Gasteiger partial charge in [-0.2, -0.15) is 0 Å². The van der Waals surface area contributed by atoms with Gasteiger partial charge in [0, 0.05) is 43.5 Å². The second kappa shape index (κ2) is 8.00. The second-order valence-electron chi connectivity index (χ2n) is 8.36. The number of piperidine rings is 1. The molecule has 2 aliphatic rings. The number of likely N-dealkylation sites (tertiary alicyclic amines) is 1. The van der Waals surface area contributed by atoms with Crippen LogP contribution in [0.4, 0.5) is 0 Å². The zero-order valence-electron chi connectivity index (χ0n) is 17.2. The van der Waals surface area contributed by atoms with Gasteiger partial charge < -0.3 is 9.80 Å². The van der Waals surface area contributed by atoms with E-state index in [-0.39, 0.29) is 17.9 Å². The Morgan fingerprint density at radius 2 is 1.96 bits per heavy atom. The van der Waals surface area contributed by atoms with Crippen molar-refractivity contribution >= 4 is 5.91 Å². The number of carbonyl (C=O) groups excluding carboxylic acids is 1. The largest absolute Gasteiger partial charge is 0.332 e. The van der Waals surface area contributed by atoms with Crippen molar-refractivity contribution in [3.63, 3.8) is 0 Å². The van der Waals surface area contributed by atoms with Crippen molar-refractivity contribution in [2.24, 2.45) is 0 Å². The molecule has 0 bridgehead atoms. The van der Waals surface area contributed by atoms with Gasteiger partial charge in [-0.15, -0.1) is 0 Å². The van der Waals surface area contributed by atoms with E-state index in [9.17, 15) is 4.79 Å². The Morgan fingerprint density at radius 1 is 1.18 bits per heavy atom. The van der Waals surface area contributed by atoms with Gasteiger partial charge in [-0.25, -0.2) is 9.97 Å². The predicted octanol–water partition coefficient (Wildman–Crippen LogP) is 3.63. The van der Waals surface area contributed by atoms with Crippen LogP contribution in [0.2, 0.25) is 0 Å². The van der Waals surface area contributed by atoms with Crippen molar-refractivity contribution in [2.75, 3.05) is 20.1 Å². The highest BCUT2D eigenvalue weighted by molar-refractivity contribution is 5.83. The summed E-state index contributed by atoms with van der Waals surface area (Å²) in [6.07, 6.45) is 6.07. The number of carbonyl (C=O) groups is 1. The van der Waals surface area contributed by atoms with Gasteiger partial charge in [0.1, 0.15) is 0 Å². The van der Waals surface area contributed by atoms with E-state index in [1.54, 1.807) is 0 Å². The normalized spacial score (nSPS) is 21.2. The molecule has 0 saturated carbocycles. The number of amides is 1. The fourth-order valence-electron chi connectivity index (χ4n) is 4.34. The van der Waals surface area contributed by atoms with Gasteiger partial charge in [0.15, 0.2) is 5.82 Å². The molecule has 1 aromatic carbocycles. The number of hydrogen-bond donors (Lipinski definition) is 0. The lowest BCUT2D eigenvalue weighted by Gasteiger charge is -2.37. The Morgan fingerprint density at radius 3 is 2.75 bits per heavy atom. The Labute approximate surface area is 167 Å². The summed E-state index contributed by atoms with van der Waals surface area (Å²) in [5.74, 6) is 0.870. The number of hydrogen-bond acceptors (Lipinski definition) is 4. The van der Waals surface area contributed by atoms with Gasteiger partial charge in [0.05, 0.1) is 12.0 Å². The number of likely N-dealkylation sites (N-methyl/N-ethyl adjacent to an activating group) is 1. The zero-order valence-corrected chi connectivity index (χ0v) is 17.2. The van der Waals surface area contributed by atoms with Gasteiger partial charge in [-0.1, -0.05) is 29.8 Å². The molecule has 4 rings (SSSR count). The summed E-state index contributed by atoms with van der Waals surface area (Å²) in [6, 6.07) is 8.30. The molecular weight excluding hydrogens is 348 g/mol. The first-order chi connectivity index (χ1) is 13.5. The summed E-state index contributed by atoms with van der Waals surface area (Å²) in [4.78, 5) is 27.3. The molecule has 0 radical (unpaired) electrons. The molecule has 28 heavy (non-hydrogen) atoms. The SMILES string of the molecule is Cc1ccc([C@@H](C)C(=O)N2CCCC[C@@H]2c2ncc3c(n2)CCN(C)C3)cc1. The molecule has 2 aliphatic heterocycles. The van der Waals surface area contributed by atoms with E-state index < -0.39 is 0 Å². The van der Waals surface area contributed by atoms with Gasteiger partial charge in [-0.3, -0.25) is 4.79 Å². The van der Waals surface area contributed by atoms with Crippen LogP contribution < -0.4 is 0 Å². The van der Waals surface area contributed by atoms with Crippen LogP contribution in [0.25, 0.3) is 0 Å². The highest BCUT2D eigenvalue weighted by Gasteiger charge is 2.33. The minimum absolute atomic E-state index is 0.000829. The molecule has 5 heteroatoms. The summed E-state index contributed by atoms with van der Waals surface area (Å²) < 4.78 is 0. The summed E-state index contributed by atoms with van der Waals surface area (Å²) in [5.41, 5.74) is 4.67. The fourth-order valence-corrected chi connectivity index (χ4v) is 4.34. The van der Waals surface area contributed by atoms with Gasteiger partial charge in [-0.05, 0) is 45.7 Å². The molecule has 0 spiro atoms. The van der Waals surface area contributed by atoms with Crippen LogP contribution in [0.15, 0.2) is 30.5 Å². The molecule has 2 atom stereocenters. The van der Waals surface area contributed by atoms with Gasteiger partial charge >= 0.3 is 0 Å². The molecule has 1 saturated heterocycles. The smallest absolute Gasteiger partial charge is 0.230 e. The summed E-state index contributed by atoms with van der Waals surface area (Å²) in [6.45, 7) is 6.82. The minimum atomic E-state index is -0.146. The molecule has 5 nitrogen and oxygen atoms in total. The average Bonchev–Trinajstić information content (AvgIpc) is 2.73. The Bertz CT molecular complexity index is 848. The predicted molar refractivity (Wildman–Crippen MR) is 110 cm³/mol. The summed E-state index contributed by atoms with van der Waals surface area (Å²) >= 11 is 0. The monoisotopic (exact) mass is 378 g/mol. The standard InChI is InChI=1S/C23H30N4O/c1-16-7-9-18(10-8-16)17(2)23(28)27-12-5-4-6-21(27)22-24-14-19-15-26(3)13-11-20(19)25-22/h7-10,14,17,21H,4-6,11-13,15H2,1-3H3/t17-,21-/m1/s1. The molecule has 1 amide bonds. The Balaban J connectivity index is 1.58. The van der Waals surface area contributed by atoms with Gasteiger partial charge in [0.25, 0.3) is 0 Å². The lowest BCUT2D eigenvalue weighted by atomic mass is 9.94. The van der Waals surface area contributed by atoms with Crippen LogP contribution in [0.5, 0.6) is 0 Å². The van der Waals surface area contributed by atoms with Crippen molar-refractivity contribution in [3.8, 4) is 0 Å². The fraction of sp³-hybridized carbons (Fsp3) is 0.522. The summed E-state index contributed by atoms with van der Waals surface area (Å²) in [7, 11) is 2.13. The Kier molecular flexibility index (Phi) is 5.44. The van der Waals surface area contributed by atoms with Crippen molar-refractivity contribution in [3.05, 3.63) is 58.7 Å².